The Bertz CT molecular complexity index is 173. The van der Waals surface area contributed by atoms with Crippen molar-refractivity contribution in [1.82, 2.24) is 0 Å². The van der Waals surface area contributed by atoms with Crippen molar-refractivity contribution in [2.24, 2.45) is 11.8 Å². The van der Waals surface area contributed by atoms with E-state index in [2.05, 4.69) is 31.9 Å². The van der Waals surface area contributed by atoms with E-state index in [9.17, 15) is 9.59 Å². The highest BCUT2D eigenvalue weighted by molar-refractivity contribution is 9.18. The molecule has 2 nitrogen and oxygen atoms in total. The summed E-state index contributed by atoms with van der Waals surface area (Å²) >= 11 is 5.91. The molecular formula is C8H10Br2O2. The van der Waals surface area contributed by atoms with Crippen molar-refractivity contribution >= 4 is 41.2 Å². The van der Waals surface area contributed by atoms with Gasteiger partial charge in [0.2, 0.25) is 9.39 Å². The monoisotopic (exact) mass is 296 g/mol. The third-order valence-electron chi connectivity index (χ3n) is 2.37. The van der Waals surface area contributed by atoms with Gasteiger partial charge in [0.05, 0.1) is 0 Å². The van der Waals surface area contributed by atoms with Gasteiger partial charge in [-0.1, -0.05) is 0 Å². The summed E-state index contributed by atoms with van der Waals surface area (Å²) in [5.74, 6) is 0.265. The molecule has 0 bridgehead atoms. The maximum Gasteiger partial charge on any atom is 0.200 e. The maximum absolute atomic E-state index is 10.9. The van der Waals surface area contributed by atoms with Gasteiger partial charge in [-0.05, 0) is 57.5 Å². The third kappa shape index (κ3) is 2.66. The Labute approximate surface area is 88.3 Å². The van der Waals surface area contributed by atoms with Crippen LogP contribution in [-0.4, -0.2) is 9.39 Å². The minimum absolute atomic E-state index is 0.0861. The van der Waals surface area contributed by atoms with Crippen LogP contribution in [0.4, 0.5) is 0 Å². The first-order valence-corrected chi connectivity index (χ1v) is 5.58. The van der Waals surface area contributed by atoms with E-state index < -0.39 is 0 Å². The molecule has 1 rings (SSSR count). The number of halogens is 2. The smallest absolute Gasteiger partial charge is 0.200 e. The van der Waals surface area contributed by atoms with Gasteiger partial charge in [-0.25, -0.2) is 0 Å². The molecule has 1 aliphatic carbocycles. The van der Waals surface area contributed by atoms with Crippen LogP contribution >= 0.6 is 31.9 Å². The first kappa shape index (κ1) is 10.4. The summed E-state index contributed by atoms with van der Waals surface area (Å²) in [6, 6.07) is 0. The van der Waals surface area contributed by atoms with Crippen molar-refractivity contribution < 1.29 is 9.59 Å². The molecule has 0 aromatic carbocycles. The van der Waals surface area contributed by atoms with Crippen LogP contribution in [0.15, 0.2) is 0 Å². The zero-order chi connectivity index (χ0) is 9.14. The van der Waals surface area contributed by atoms with E-state index in [0.717, 1.165) is 25.7 Å². The van der Waals surface area contributed by atoms with Crippen molar-refractivity contribution in [3.63, 3.8) is 0 Å². The number of hydrogen-bond acceptors (Lipinski definition) is 2. The lowest BCUT2D eigenvalue weighted by Gasteiger charge is -2.23. The highest BCUT2D eigenvalue weighted by Crippen LogP contribution is 2.31. The molecule has 0 aromatic heterocycles. The van der Waals surface area contributed by atoms with E-state index in [1.807, 2.05) is 0 Å². The molecule has 0 heterocycles. The fraction of sp³-hybridized carbons (Fsp3) is 0.750. The molecule has 12 heavy (non-hydrogen) atoms. The second kappa shape index (κ2) is 4.51. The van der Waals surface area contributed by atoms with Gasteiger partial charge in [0, 0.05) is 11.8 Å². The predicted octanol–water partition coefficient (Wildman–Crippen LogP) is 2.64. The summed E-state index contributed by atoms with van der Waals surface area (Å²) in [5, 5.41) is 0. The van der Waals surface area contributed by atoms with Gasteiger partial charge in [-0.3, -0.25) is 9.59 Å². The molecule has 0 N–H and O–H groups in total. The van der Waals surface area contributed by atoms with E-state index in [4.69, 9.17) is 0 Å². The predicted molar refractivity (Wildman–Crippen MR) is 53.3 cm³/mol. The molecule has 1 fully saturated rings. The fourth-order valence-corrected chi connectivity index (χ4v) is 2.46. The van der Waals surface area contributed by atoms with Crippen LogP contribution in [0.5, 0.6) is 0 Å². The average Bonchev–Trinajstić information content (AvgIpc) is 2.04. The fourth-order valence-electron chi connectivity index (χ4n) is 1.55. The molecule has 0 amide bonds. The molecule has 0 unspecified atom stereocenters. The van der Waals surface area contributed by atoms with Crippen LogP contribution in [0.25, 0.3) is 0 Å². The summed E-state index contributed by atoms with van der Waals surface area (Å²) < 4.78 is 0.172. The van der Waals surface area contributed by atoms with Crippen LogP contribution in [0.2, 0.25) is 0 Å². The molecule has 1 aliphatic rings. The number of rotatable bonds is 2. The zero-order valence-electron chi connectivity index (χ0n) is 6.56. The molecule has 0 aromatic rings. The number of hydrogen-bond donors (Lipinski definition) is 0. The molecule has 0 spiro atoms. The summed E-state index contributed by atoms with van der Waals surface area (Å²) in [4.78, 5) is 21.8. The molecule has 0 saturated heterocycles. The molecule has 0 atom stereocenters. The van der Waals surface area contributed by atoms with Crippen molar-refractivity contribution in [1.29, 1.82) is 0 Å². The lowest BCUT2D eigenvalue weighted by molar-refractivity contribution is -0.118. The molecule has 0 radical (unpaired) electrons. The number of carbonyl (C=O) groups is 2. The lowest BCUT2D eigenvalue weighted by Crippen LogP contribution is -2.21. The van der Waals surface area contributed by atoms with Gasteiger partial charge in [0.25, 0.3) is 0 Å². The Balaban J connectivity index is 2.39. The standard InChI is InChI=1S/C8H10Br2O2/c9-7(11)5-1-2-6(4-3-5)8(10)12/h5-6H,1-4H2. The van der Waals surface area contributed by atoms with Crippen LogP contribution in [0, 0.1) is 11.8 Å². The molecular weight excluding hydrogens is 288 g/mol. The van der Waals surface area contributed by atoms with Gasteiger partial charge in [-0.2, -0.15) is 0 Å². The Morgan fingerprint density at radius 2 is 1.08 bits per heavy atom. The second-order valence-corrected chi connectivity index (χ2v) is 4.72. The topological polar surface area (TPSA) is 34.1 Å². The zero-order valence-corrected chi connectivity index (χ0v) is 9.73. The quantitative estimate of drug-likeness (QED) is 0.734. The molecule has 68 valence electrons. The largest absolute Gasteiger partial charge is 0.286 e. The van der Waals surface area contributed by atoms with Gasteiger partial charge >= 0.3 is 0 Å². The van der Waals surface area contributed by atoms with E-state index in [1.54, 1.807) is 0 Å². The number of carbonyl (C=O) groups excluding carboxylic acids is 2. The van der Waals surface area contributed by atoms with Crippen molar-refractivity contribution in [2.75, 3.05) is 0 Å². The summed E-state index contributed by atoms with van der Waals surface area (Å²) in [6.45, 7) is 0. The highest BCUT2D eigenvalue weighted by Gasteiger charge is 2.27. The third-order valence-corrected chi connectivity index (χ3v) is 3.66. The summed E-state index contributed by atoms with van der Waals surface area (Å²) in [6.07, 6.45) is 3.36. The Morgan fingerprint density at radius 3 is 1.25 bits per heavy atom. The minimum atomic E-state index is 0.0861. The second-order valence-electron chi connectivity index (χ2n) is 3.16. The summed E-state index contributed by atoms with van der Waals surface area (Å²) in [7, 11) is 0. The minimum Gasteiger partial charge on any atom is -0.286 e. The Kier molecular flexibility index (Phi) is 3.90. The molecule has 0 aliphatic heterocycles. The van der Waals surface area contributed by atoms with Crippen LogP contribution in [0.1, 0.15) is 25.7 Å². The van der Waals surface area contributed by atoms with Crippen molar-refractivity contribution in [2.45, 2.75) is 25.7 Å². The normalized spacial score (nSPS) is 29.8. The van der Waals surface area contributed by atoms with Crippen LogP contribution in [-0.2, 0) is 9.59 Å². The Morgan fingerprint density at radius 1 is 0.833 bits per heavy atom. The summed E-state index contributed by atoms with van der Waals surface area (Å²) in [5.41, 5.74) is 0. The molecule has 4 heteroatoms. The highest BCUT2D eigenvalue weighted by atomic mass is 79.9. The first-order chi connectivity index (χ1) is 5.61. The van der Waals surface area contributed by atoms with Gasteiger partial charge in [0.15, 0.2) is 0 Å². The maximum atomic E-state index is 10.9. The van der Waals surface area contributed by atoms with Gasteiger partial charge in [-0.15, -0.1) is 0 Å². The van der Waals surface area contributed by atoms with Crippen LogP contribution in [0.3, 0.4) is 0 Å². The van der Waals surface area contributed by atoms with E-state index in [-0.39, 0.29) is 21.2 Å². The van der Waals surface area contributed by atoms with E-state index in [0.29, 0.717) is 0 Å². The van der Waals surface area contributed by atoms with Crippen LogP contribution < -0.4 is 0 Å². The van der Waals surface area contributed by atoms with Gasteiger partial charge in [0.1, 0.15) is 0 Å². The van der Waals surface area contributed by atoms with E-state index >= 15 is 0 Å². The molecule has 1 saturated carbocycles. The first-order valence-electron chi connectivity index (χ1n) is 4.00. The van der Waals surface area contributed by atoms with Crippen molar-refractivity contribution in [3.8, 4) is 0 Å². The lowest BCUT2D eigenvalue weighted by atomic mass is 9.83. The van der Waals surface area contributed by atoms with E-state index in [1.165, 1.54) is 0 Å². The SMILES string of the molecule is O=C(Br)C1CCC(C(=O)Br)CC1. The van der Waals surface area contributed by atoms with Gasteiger partial charge < -0.3 is 0 Å². The average molecular weight is 298 g/mol. The Hall–Kier alpha value is 0.300. The van der Waals surface area contributed by atoms with Crippen molar-refractivity contribution in [3.05, 3.63) is 0 Å².